The summed E-state index contributed by atoms with van der Waals surface area (Å²) in [6.45, 7) is 10.2. The molecule has 1 aliphatic carbocycles. The van der Waals surface area contributed by atoms with Gasteiger partial charge in [-0.25, -0.2) is 0 Å². The van der Waals surface area contributed by atoms with E-state index in [0.29, 0.717) is 6.04 Å². The van der Waals surface area contributed by atoms with Gasteiger partial charge < -0.3 is 5.32 Å². The molecule has 0 bridgehead atoms. The molecule has 118 valence electrons. The zero-order valence-electron chi connectivity index (χ0n) is 13.9. The maximum atomic E-state index is 4.37. The van der Waals surface area contributed by atoms with E-state index in [2.05, 4.69) is 54.3 Å². The summed E-state index contributed by atoms with van der Waals surface area (Å²) in [5.41, 5.74) is 1.61. The van der Waals surface area contributed by atoms with Crippen molar-refractivity contribution >= 4 is 0 Å². The highest BCUT2D eigenvalue weighted by Crippen LogP contribution is 2.44. The van der Waals surface area contributed by atoms with Gasteiger partial charge in [0, 0.05) is 17.9 Å². The number of pyridine rings is 1. The molecule has 3 nitrogen and oxygen atoms in total. The van der Waals surface area contributed by atoms with Crippen molar-refractivity contribution in [2.24, 2.45) is 0 Å². The van der Waals surface area contributed by atoms with Crippen LogP contribution in [0.25, 0.3) is 0 Å². The highest BCUT2D eigenvalue weighted by atomic mass is 15.2. The zero-order chi connectivity index (χ0) is 15.1. The molecule has 1 atom stereocenters. The third-order valence-electron chi connectivity index (χ3n) is 5.02. The first-order chi connectivity index (χ1) is 10.3. The first-order valence-corrected chi connectivity index (χ1v) is 8.66. The molecule has 1 unspecified atom stereocenters. The van der Waals surface area contributed by atoms with Crippen molar-refractivity contribution in [2.75, 3.05) is 19.6 Å². The molecule has 1 heterocycles. The lowest BCUT2D eigenvalue weighted by Gasteiger charge is -2.46. The Morgan fingerprint density at radius 3 is 2.48 bits per heavy atom. The molecule has 0 spiro atoms. The minimum atomic E-state index is 0.266. The van der Waals surface area contributed by atoms with Crippen LogP contribution in [-0.2, 0) is 0 Å². The summed E-state index contributed by atoms with van der Waals surface area (Å²) >= 11 is 0. The van der Waals surface area contributed by atoms with Gasteiger partial charge in [-0.05, 0) is 50.5 Å². The van der Waals surface area contributed by atoms with E-state index in [9.17, 15) is 0 Å². The summed E-state index contributed by atoms with van der Waals surface area (Å²) in [5.74, 6) is 0. The molecule has 0 aliphatic heterocycles. The molecule has 1 aromatic rings. The lowest BCUT2D eigenvalue weighted by Crippen LogP contribution is -2.55. The summed E-state index contributed by atoms with van der Waals surface area (Å²) in [6, 6.07) is 4.71. The van der Waals surface area contributed by atoms with Crippen LogP contribution in [0.5, 0.6) is 0 Å². The highest BCUT2D eigenvalue weighted by molar-refractivity contribution is 5.21. The molecule has 3 heteroatoms. The standard InChI is InChI=1S/C18H31N3/c1-4-13-20-17(16-10-9-14-19-15-16)18(11-7-8-12-18)21(5-2)6-3/h9-10,14-15,17,20H,4-8,11-13H2,1-3H3. The molecule has 2 rings (SSSR count). The molecular weight excluding hydrogens is 258 g/mol. The van der Waals surface area contributed by atoms with E-state index < -0.39 is 0 Å². The van der Waals surface area contributed by atoms with Crippen LogP contribution in [0, 0.1) is 0 Å². The third kappa shape index (κ3) is 3.46. The van der Waals surface area contributed by atoms with Crippen LogP contribution < -0.4 is 5.32 Å². The van der Waals surface area contributed by atoms with Crippen LogP contribution in [0.2, 0.25) is 0 Å². The molecule has 1 aliphatic rings. The Kier molecular flexibility index (Phi) is 6.19. The monoisotopic (exact) mass is 289 g/mol. The zero-order valence-corrected chi connectivity index (χ0v) is 13.9. The second-order valence-corrected chi connectivity index (χ2v) is 6.16. The SMILES string of the molecule is CCCNC(c1cccnc1)C1(N(CC)CC)CCCC1. The molecule has 0 aromatic carbocycles. The Hall–Kier alpha value is -0.930. The number of hydrogen-bond acceptors (Lipinski definition) is 3. The number of aromatic nitrogens is 1. The van der Waals surface area contributed by atoms with Crippen LogP contribution in [0.4, 0.5) is 0 Å². The van der Waals surface area contributed by atoms with Crippen molar-refractivity contribution in [3.05, 3.63) is 30.1 Å². The molecule has 0 saturated heterocycles. The summed E-state index contributed by atoms with van der Waals surface area (Å²) in [4.78, 5) is 7.05. The van der Waals surface area contributed by atoms with Crippen LogP contribution >= 0.6 is 0 Å². The van der Waals surface area contributed by atoms with Crippen molar-refractivity contribution in [3.8, 4) is 0 Å². The lowest BCUT2D eigenvalue weighted by atomic mass is 9.82. The Morgan fingerprint density at radius 2 is 1.95 bits per heavy atom. The fourth-order valence-corrected chi connectivity index (χ4v) is 4.08. The maximum absolute atomic E-state index is 4.37. The summed E-state index contributed by atoms with van der Waals surface area (Å²) < 4.78 is 0. The van der Waals surface area contributed by atoms with Gasteiger partial charge in [0.1, 0.15) is 0 Å². The van der Waals surface area contributed by atoms with E-state index in [1.165, 1.54) is 37.7 Å². The second-order valence-electron chi connectivity index (χ2n) is 6.16. The van der Waals surface area contributed by atoms with Gasteiger partial charge in [0.2, 0.25) is 0 Å². The van der Waals surface area contributed by atoms with Gasteiger partial charge >= 0.3 is 0 Å². The van der Waals surface area contributed by atoms with Gasteiger partial charge in [0.05, 0.1) is 6.04 Å². The van der Waals surface area contributed by atoms with Crippen molar-refractivity contribution in [1.29, 1.82) is 0 Å². The van der Waals surface area contributed by atoms with E-state index in [1.54, 1.807) is 0 Å². The Balaban J connectivity index is 2.35. The quantitative estimate of drug-likeness (QED) is 0.789. The van der Waals surface area contributed by atoms with Crippen LogP contribution in [-0.4, -0.2) is 35.1 Å². The molecule has 1 fully saturated rings. The van der Waals surface area contributed by atoms with Gasteiger partial charge in [-0.1, -0.05) is 39.7 Å². The topological polar surface area (TPSA) is 28.2 Å². The van der Waals surface area contributed by atoms with Gasteiger partial charge in [-0.3, -0.25) is 9.88 Å². The molecule has 0 amide bonds. The van der Waals surface area contributed by atoms with Gasteiger partial charge in [-0.2, -0.15) is 0 Å². The normalized spacial score (nSPS) is 19.0. The van der Waals surface area contributed by atoms with E-state index in [1.807, 2.05) is 6.20 Å². The average Bonchev–Trinajstić information content (AvgIpc) is 3.00. The summed E-state index contributed by atoms with van der Waals surface area (Å²) in [7, 11) is 0. The summed E-state index contributed by atoms with van der Waals surface area (Å²) in [6.07, 6.45) is 10.4. The average molecular weight is 289 g/mol. The molecule has 1 N–H and O–H groups in total. The minimum Gasteiger partial charge on any atom is -0.308 e. The van der Waals surface area contributed by atoms with Crippen molar-refractivity contribution in [3.63, 3.8) is 0 Å². The predicted octanol–water partition coefficient (Wildman–Crippen LogP) is 3.78. The summed E-state index contributed by atoms with van der Waals surface area (Å²) in [5, 5.41) is 3.84. The van der Waals surface area contributed by atoms with Gasteiger partial charge in [-0.15, -0.1) is 0 Å². The number of hydrogen-bond donors (Lipinski definition) is 1. The first-order valence-electron chi connectivity index (χ1n) is 8.66. The lowest BCUT2D eigenvalue weighted by molar-refractivity contribution is 0.0625. The highest BCUT2D eigenvalue weighted by Gasteiger charge is 2.45. The fourth-order valence-electron chi connectivity index (χ4n) is 4.08. The van der Waals surface area contributed by atoms with E-state index >= 15 is 0 Å². The smallest absolute Gasteiger partial charge is 0.0522 e. The molecule has 0 radical (unpaired) electrons. The van der Waals surface area contributed by atoms with E-state index in [0.717, 1.165) is 19.6 Å². The molecule has 21 heavy (non-hydrogen) atoms. The van der Waals surface area contributed by atoms with E-state index in [-0.39, 0.29) is 5.54 Å². The molecule has 1 saturated carbocycles. The van der Waals surface area contributed by atoms with E-state index in [4.69, 9.17) is 0 Å². The van der Waals surface area contributed by atoms with Gasteiger partial charge in [0.25, 0.3) is 0 Å². The number of nitrogens with zero attached hydrogens (tertiary/aromatic N) is 2. The molecule has 1 aromatic heterocycles. The fraction of sp³-hybridized carbons (Fsp3) is 0.722. The predicted molar refractivity (Wildman–Crippen MR) is 89.4 cm³/mol. The van der Waals surface area contributed by atoms with Crippen LogP contribution in [0.3, 0.4) is 0 Å². The number of likely N-dealkylation sites (N-methyl/N-ethyl adjacent to an activating group) is 1. The Bertz CT molecular complexity index is 394. The minimum absolute atomic E-state index is 0.266. The van der Waals surface area contributed by atoms with Crippen LogP contribution in [0.15, 0.2) is 24.5 Å². The maximum Gasteiger partial charge on any atom is 0.0522 e. The third-order valence-corrected chi connectivity index (χ3v) is 5.02. The van der Waals surface area contributed by atoms with Crippen molar-refractivity contribution in [2.45, 2.75) is 64.5 Å². The van der Waals surface area contributed by atoms with Gasteiger partial charge in [0.15, 0.2) is 0 Å². The number of rotatable bonds is 8. The second kappa shape index (κ2) is 7.90. The number of nitrogens with one attached hydrogen (secondary N) is 1. The molecular formula is C18H31N3. The van der Waals surface area contributed by atoms with Crippen LogP contribution in [0.1, 0.15) is 64.5 Å². The Labute approximate surface area is 130 Å². The van der Waals surface area contributed by atoms with Crippen molar-refractivity contribution in [1.82, 2.24) is 15.2 Å². The first kappa shape index (κ1) is 16.4. The largest absolute Gasteiger partial charge is 0.308 e. The Morgan fingerprint density at radius 1 is 1.24 bits per heavy atom. The van der Waals surface area contributed by atoms with Crippen molar-refractivity contribution < 1.29 is 0 Å².